The first-order chi connectivity index (χ1) is 11.7. The number of benzene rings is 2. The highest BCUT2D eigenvalue weighted by molar-refractivity contribution is 5.91. The molecule has 4 nitrogen and oxygen atoms in total. The summed E-state index contributed by atoms with van der Waals surface area (Å²) in [5.41, 5.74) is 2.01. The summed E-state index contributed by atoms with van der Waals surface area (Å²) in [4.78, 5) is 14.9. The van der Waals surface area contributed by atoms with Crippen LogP contribution in [-0.2, 0) is 11.3 Å². The number of hydrogen-bond donors (Lipinski definition) is 3. The lowest BCUT2D eigenvalue weighted by Gasteiger charge is -2.29. The fourth-order valence-electron chi connectivity index (χ4n) is 3.16. The van der Waals surface area contributed by atoms with Gasteiger partial charge < -0.3 is 15.1 Å². The molecule has 0 aromatic heterocycles. The largest absolute Gasteiger partial charge is 0.322 e. The number of carbonyl (C=O) groups excluding carboxylic acids is 1. The van der Waals surface area contributed by atoms with Gasteiger partial charge >= 0.3 is 0 Å². The molecule has 0 aliphatic carbocycles. The van der Waals surface area contributed by atoms with E-state index in [0.717, 1.165) is 44.0 Å². The lowest BCUT2D eigenvalue weighted by atomic mass is 10.2. The average molecular weight is 329 g/mol. The van der Waals surface area contributed by atoms with Crippen molar-refractivity contribution >= 4 is 11.6 Å². The lowest BCUT2D eigenvalue weighted by molar-refractivity contribution is -1.02. The van der Waals surface area contributed by atoms with Gasteiger partial charge in [0.1, 0.15) is 38.5 Å². The van der Waals surface area contributed by atoms with Gasteiger partial charge in [0, 0.05) is 11.3 Å². The quantitative estimate of drug-likeness (QED) is 0.695. The van der Waals surface area contributed by atoms with E-state index in [1.807, 2.05) is 42.5 Å². The van der Waals surface area contributed by atoms with Gasteiger partial charge in [0.15, 0.2) is 6.54 Å². The van der Waals surface area contributed by atoms with Crippen molar-refractivity contribution in [2.75, 3.05) is 38.0 Å². The maximum Gasteiger partial charge on any atom is 0.279 e. The fraction of sp³-hybridized carbons (Fsp3) is 0.316. The first-order valence-electron chi connectivity index (χ1n) is 8.45. The van der Waals surface area contributed by atoms with Crippen molar-refractivity contribution in [3.8, 4) is 0 Å². The molecule has 2 aromatic rings. The monoisotopic (exact) mass is 329 g/mol. The van der Waals surface area contributed by atoms with Crippen molar-refractivity contribution in [3.63, 3.8) is 0 Å². The van der Waals surface area contributed by atoms with Crippen LogP contribution in [0.4, 0.5) is 10.1 Å². The Hall–Kier alpha value is -2.24. The van der Waals surface area contributed by atoms with Gasteiger partial charge in [0.05, 0.1) is 0 Å². The Morgan fingerprint density at radius 3 is 2.21 bits per heavy atom. The molecule has 0 radical (unpaired) electrons. The van der Waals surface area contributed by atoms with E-state index in [1.54, 1.807) is 0 Å². The second-order valence-electron chi connectivity index (χ2n) is 6.39. The van der Waals surface area contributed by atoms with Gasteiger partial charge in [-0.3, -0.25) is 4.79 Å². The van der Waals surface area contributed by atoms with Gasteiger partial charge in [-0.1, -0.05) is 30.3 Å². The maximum absolute atomic E-state index is 12.9. The number of piperazine rings is 1. The highest BCUT2D eigenvalue weighted by atomic mass is 19.1. The molecule has 0 atom stereocenters. The number of hydrogen-bond acceptors (Lipinski definition) is 1. The maximum atomic E-state index is 12.9. The van der Waals surface area contributed by atoms with Crippen LogP contribution in [0, 0.1) is 5.82 Å². The van der Waals surface area contributed by atoms with Gasteiger partial charge in [-0.05, 0) is 24.3 Å². The van der Waals surface area contributed by atoms with Gasteiger partial charge in [-0.25, -0.2) is 4.39 Å². The molecule has 126 valence electrons. The molecule has 1 fully saturated rings. The minimum Gasteiger partial charge on any atom is -0.322 e. The highest BCUT2D eigenvalue weighted by Gasteiger charge is 2.24. The van der Waals surface area contributed by atoms with Gasteiger partial charge in [-0.2, -0.15) is 0 Å². The molecule has 2 aromatic carbocycles. The molecule has 1 aliphatic heterocycles. The third-order valence-electron chi connectivity index (χ3n) is 4.50. The van der Waals surface area contributed by atoms with E-state index in [2.05, 4.69) is 5.32 Å². The second-order valence-corrected chi connectivity index (χ2v) is 6.39. The van der Waals surface area contributed by atoms with Crippen LogP contribution in [0.3, 0.4) is 0 Å². The summed E-state index contributed by atoms with van der Waals surface area (Å²) in [7, 11) is 0. The normalized spacial score (nSPS) is 20.5. The standard InChI is InChI=1S/C19H22FN3O/c20-17-8-6-16(7-9-17)14-22-10-12-23(13-11-22)15-19(24)21-18-4-2-1-3-5-18/h1-9H,10-15H2,(H,21,24)/p+2. The predicted molar refractivity (Wildman–Crippen MR) is 91.4 cm³/mol. The van der Waals surface area contributed by atoms with E-state index < -0.39 is 0 Å². The summed E-state index contributed by atoms with van der Waals surface area (Å²) in [5.74, 6) is -0.120. The van der Waals surface area contributed by atoms with Crippen LogP contribution in [0.5, 0.6) is 0 Å². The molecule has 0 spiro atoms. The van der Waals surface area contributed by atoms with Crippen molar-refractivity contribution in [1.82, 2.24) is 0 Å². The number of para-hydroxylation sites is 1. The van der Waals surface area contributed by atoms with E-state index in [-0.39, 0.29) is 11.7 Å². The zero-order valence-corrected chi connectivity index (χ0v) is 13.7. The number of quaternary nitrogens is 2. The molecule has 0 unspecified atom stereocenters. The van der Waals surface area contributed by atoms with Gasteiger partial charge in [0.25, 0.3) is 5.91 Å². The zero-order valence-electron chi connectivity index (χ0n) is 13.7. The summed E-state index contributed by atoms with van der Waals surface area (Å²) in [6, 6.07) is 16.3. The van der Waals surface area contributed by atoms with E-state index >= 15 is 0 Å². The Balaban J connectivity index is 1.41. The molecule has 3 N–H and O–H groups in total. The van der Waals surface area contributed by atoms with Crippen LogP contribution in [-0.4, -0.2) is 38.6 Å². The topological polar surface area (TPSA) is 38.0 Å². The first kappa shape index (κ1) is 16.6. The highest BCUT2D eigenvalue weighted by Crippen LogP contribution is 2.03. The Kier molecular flexibility index (Phi) is 5.56. The third-order valence-corrected chi connectivity index (χ3v) is 4.50. The van der Waals surface area contributed by atoms with E-state index in [0.29, 0.717) is 6.54 Å². The molecule has 1 aliphatic rings. The molecule has 24 heavy (non-hydrogen) atoms. The zero-order chi connectivity index (χ0) is 16.8. The molecular weight excluding hydrogens is 305 g/mol. The Morgan fingerprint density at radius 1 is 0.917 bits per heavy atom. The average Bonchev–Trinajstić information content (AvgIpc) is 2.59. The lowest BCUT2D eigenvalue weighted by Crippen LogP contribution is -3.28. The van der Waals surface area contributed by atoms with Crippen LogP contribution in [0.15, 0.2) is 54.6 Å². The van der Waals surface area contributed by atoms with Gasteiger partial charge in [-0.15, -0.1) is 0 Å². The second kappa shape index (κ2) is 8.04. The molecule has 0 saturated carbocycles. The van der Waals surface area contributed by atoms with Crippen molar-refractivity contribution in [3.05, 3.63) is 66.0 Å². The Morgan fingerprint density at radius 2 is 1.54 bits per heavy atom. The van der Waals surface area contributed by atoms with E-state index in [9.17, 15) is 9.18 Å². The van der Waals surface area contributed by atoms with E-state index in [1.165, 1.54) is 21.9 Å². The molecular formula is C19H24FN3O+2. The summed E-state index contributed by atoms with van der Waals surface area (Å²) < 4.78 is 12.9. The Labute approximate surface area is 141 Å². The van der Waals surface area contributed by atoms with Crippen LogP contribution in [0.1, 0.15) is 5.56 Å². The van der Waals surface area contributed by atoms with Crippen LogP contribution in [0.25, 0.3) is 0 Å². The molecule has 5 heteroatoms. The molecule has 0 bridgehead atoms. The van der Waals surface area contributed by atoms with Crippen molar-refractivity contribution < 1.29 is 19.0 Å². The number of halogens is 1. The first-order valence-corrected chi connectivity index (χ1v) is 8.45. The van der Waals surface area contributed by atoms with Crippen molar-refractivity contribution in [2.45, 2.75) is 6.54 Å². The number of nitrogens with one attached hydrogen (secondary N) is 3. The van der Waals surface area contributed by atoms with Crippen LogP contribution in [0.2, 0.25) is 0 Å². The fourth-order valence-corrected chi connectivity index (χ4v) is 3.16. The van der Waals surface area contributed by atoms with Crippen LogP contribution < -0.4 is 15.1 Å². The summed E-state index contributed by atoms with van der Waals surface area (Å²) in [5, 5.41) is 2.94. The van der Waals surface area contributed by atoms with Crippen molar-refractivity contribution in [2.24, 2.45) is 0 Å². The smallest absolute Gasteiger partial charge is 0.279 e. The summed E-state index contributed by atoms with van der Waals surface area (Å²) in [6.45, 7) is 5.47. The number of amides is 1. The van der Waals surface area contributed by atoms with Crippen molar-refractivity contribution in [1.29, 1.82) is 0 Å². The predicted octanol–water partition coefficient (Wildman–Crippen LogP) is -0.252. The van der Waals surface area contributed by atoms with E-state index in [4.69, 9.17) is 0 Å². The Bertz CT molecular complexity index is 652. The number of anilines is 1. The summed E-state index contributed by atoms with van der Waals surface area (Å²) in [6.07, 6.45) is 0. The molecule has 1 saturated heterocycles. The minimum atomic E-state index is -0.188. The van der Waals surface area contributed by atoms with Gasteiger partial charge in [0.2, 0.25) is 0 Å². The van der Waals surface area contributed by atoms with Crippen LogP contribution >= 0.6 is 0 Å². The minimum absolute atomic E-state index is 0.0678. The molecule has 1 amide bonds. The third kappa shape index (κ3) is 4.88. The number of rotatable bonds is 5. The molecule has 1 heterocycles. The SMILES string of the molecule is O=C(C[NH+]1CC[NH+](Cc2ccc(F)cc2)CC1)Nc1ccccc1. The number of carbonyl (C=O) groups is 1. The molecule has 3 rings (SSSR count). The summed E-state index contributed by atoms with van der Waals surface area (Å²) >= 11 is 0.